The highest BCUT2D eigenvalue weighted by Crippen LogP contribution is 2.25. The Hall–Kier alpha value is -4.39. The van der Waals surface area contributed by atoms with E-state index in [0.29, 0.717) is 28.7 Å². The molecule has 2 aromatic heterocycles. The highest BCUT2D eigenvalue weighted by atomic mass is 16.3. The van der Waals surface area contributed by atoms with Gasteiger partial charge in [0.1, 0.15) is 17.6 Å². The molecule has 0 unspecified atom stereocenters. The molecule has 5 aromatic rings. The number of furan rings is 1. The Labute approximate surface area is 188 Å². The van der Waals surface area contributed by atoms with Gasteiger partial charge in [-0.05, 0) is 36.8 Å². The second-order valence-corrected chi connectivity index (χ2v) is 7.88. The number of hydrogen-bond donors (Lipinski definition) is 1. The summed E-state index contributed by atoms with van der Waals surface area (Å²) in [5.74, 6) is -0.345. The van der Waals surface area contributed by atoms with E-state index in [1.807, 2.05) is 31.2 Å². The predicted octanol–water partition coefficient (Wildman–Crippen LogP) is 3.52. The van der Waals surface area contributed by atoms with Crippen molar-refractivity contribution in [2.24, 2.45) is 0 Å². The highest BCUT2D eigenvalue weighted by molar-refractivity contribution is 6.02. The Morgan fingerprint density at radius 1 is 0.909 bits per heavy atom. The van der Waals surface area contributed by atoms with Crippen molar-refractivity contribution in [3.63, 3.8) is 0 Å². The summed E-state index contributed by atoms with van der Waals surface area (Å²) in [7, 11) is 0. The maximum atomic E-state index is 13.5. The third-order valence-electron chi connectivity index (χ3n) is 5.59. The van der Waals surface area contributed by atoms with Gasteiger partial charge in [-0.2, -0.15) is 0 Å². The van der Waals surface area contributed by atoms with Gasteiger partial charge in [-0.3, -0.25) is 14.2 Å². The Morgan fingerprint density at radius 2 is 1.61 bits per heavy atom. The van der Waals surface area contributed by atoms with Crippen molar-refractivity contribution in [3.8, 4) is 5.69 Å². The van der Waals surface area contributed by atoms with Crippen LogP contribution in [0.3, 0.4) is 0 Å². The molecule has 5 rings (SSSR count). The number of nitrogens with one attached hydrogen (secondary N) is 1. The molecular formula is C26H21N3O4. The van der Waals surface area contributed by atoms with Crippen LogP contribution in [0.25, 0.3) is 27.8 Å². The van der Waals surface area contributed by atoms with Crippen LogP contribution in [0.4, 0.5) is 0 Å². The molecule has 1 amide bonds. The van der Waals surface area contributed by atoms with Crippen molar-refractivity contribution in [1.29, 1.82) is 0 Å². The van der Waals surface area contributed by atoms with E-state index in [1.54, 1.807) is 54.6 Å². The lowest BCUT2D eigenvalue weighted by molar-refractivity contribution is -0.121. The van der Waals surface area contributed by atoms with E-state index >= 15 is 0 Å². The molecule has 0 fully saturated rings. The first-order valence-corrected chi connectivity index (χ1v) is 10.6. The van der Waals surface area contributed by atoms with Crippen molar-refractivity contribution in [2.45, 2.75) is 20.0 Å². The Kier molecular flexibility index (Phi) is 5.14. The Morgan fingerprint density at radius 3 is 2.36 bits per heavy atom. The summed E-state index contributed by atoms with van der Waals surface area (Å²) < 4.78 is 8.18. The summed E-state index contributed by atoms with van der Waals surface area (Å²) in [5.41, 5.74) is 2.16. The summed E-state index contributed by atoms with van der Waals surface area (Å²) >= 11 is 0. The molecular weight excluding hydrogens is 418 g/mol. The average Bonchev–Trinajstić information content (AvgIpc) is 3.22. The first-order chi connectivity index (χ1) is 16.0. The first-order valence-electron chi connectivity index (χ1n) is 10.6. The summed E-state index contributed by atoms with van der Waals surface area (Å²) in [6, 6.07) is 23.5. The van der Waals surface area contributed by atoms with Gasteiger partial charge in [0.05, 0.1) is 5.69 Å². The van der Waals surface area contributed by atoms with E-state index in [4.69, 9.17) is 4.42 Å². The fourth-order valence-electron chi connectivity index (χ4n) is 3.91. The van der Waals surface area contributed by atoms with Crippen molar-refractivity contribution in [2.75, 3.05) is 0 Å². The van der Waals surface area contributed by atoms with Crippen molar-refractivity contribution in [3.05, 3.63) is 111 Å². The lowest BCUT2D eigenvalue weighted by atomic mass is 10.1. The zero-order chi connectivity index (χ0) is 22.9. The largest absolute Gasteiger partial charge is 0.449 e. The fraction of sp³-hybridized carbons (Fsp3) is 0.115. The van der Waals surface area contributed by atoms with Gasteiger partial charge in [0.2, 0.25) is 11.5 Å². The number of benzene rings is 3. The molecule has 0 spiro atoms. The third-order valence-corrected chi connectivity index (χ3v) is 5.59. The van der Waals surface area contributed by atoms with Gasteiger partial charge in [-0.15, -0.1) is 0 Å². The van der Waals surface area contributed by atoms with Gasteiger partial charge < -0.3 is 9.73 Å². The maximum Gasteiger partial charge on any atom is 0.336 e. The molecule has 0 saturated heterocycles. The molecule has 7 nitrogen and oxygen atoms in total. The van der Waals surface area contributed by atoms with Gasteiger partial charge in [-0.25, -0.2) is 9.36 Å². The standard InChI is InChI=1S/C26H21N3O4/c1-17-11-13-18(14-12-17)15-27-22(30)16-28-23-20-9-5-6-10-21(20)33-24(23)25(31)29(26(28)32)19-7-3-2-4-8-19/h2-14H,15-16H2,1H3,(H,27,30). The number of nitrogens with zero attached hydrogens (tertiary/aromatic N) is 2. The van der Waals surface area contributed by atoms with Crippen LogP contribution in [0, 0.1) is 6.92 Å². The number of rotatable bonds is 5. The molecule has 0 radical (unpaired) electrons. The highest BCUT2D eigenvalue weighted by Gasteiger charge is 2.21. The molecule has 0 aliphatic heterocycles. The molecule has 0 aliphatic rings. The van der Waals surface area contributed by atoms with Crippen LogP contribution in [0.15, 0.2) is 92.9 Å². The Balaban J connectivity index is 1.62. The van der Waals surface area contributed by atoms with Crippen LogP contribution in [0.1, 0.15) is 11.1 Å². The number of fused-ring (bicyclic) bond motifs is 3. The second kappa shape index (κ2) is 8.27. The number of amides is 1. The molecule has 0 aliphatic carbocycles. The predicted molar refractivity (Wildman–Crippen MR) is 127 cm³/mol. The van der Waals surface area contributed by atoms with Crippen LogP contribution in [-0.2, 0) is 17.9 Å². The van der Waals surface area contributed by atoms with Crippen LogP contribution >= 0.6 is 0 Å². The molecule has 33 heavy (non-hydrogen) atoms. The van der Waals surface area contributed by atoms with Gasteiger partial charge in [0, 0.05) is 11.9 Å². The minimum Gasteiger partial charge on any atom is -0.449 e. The molecule has 2 heterocycles. The minimum absolute atomic E-state index is 0.0333. The zero-order valence-corrected chi connectivity index (χ0v) is 17.9. The van der Waals surface area contributed by atoms with Gasteiger partial charge in [0.25, 0.3) is 0 Å². The summed E-state index contributed by atoms with van der Waals surface area (Å²) in [6.07, 6.45) is 0. The average molecular weight is 439 g/mol. The number of carbonyl (C=O) groups excluding carboxylic acids is 1. The lowest BCUT2D eigenvalue weighted by Crippen LogP contribution is -2.41. The quantitative estimate of drug-likeness (QED) is 0.454. The fourth-order valence-corrected chi connectivity index (χ4v) is 3.91. The van der Waals surface area contributed by atoms with Crippen molar-refractivity contribution >= 4 is 28.0 Å². The number of aromatic nitrogens is 2. The molecule has 1 N–H and O–H groups in total. The molecule has 0 saturated carbocycles. The number of carbonyl (C=O) groups is 1. The van der Waals surface area contributed by atoms with Crippen LogP contribution in [0.2, 0.25) is 0 Å². The number of hydrogen-bond acceptors (Lipinski definition) is 4. The number of para-hydroxylation sites is 2. The normalized spacial score (nSPS) is 11.2. The van der Waals surface area contributed by atoms with Crippen LogP contribution in [0.5, 0.6) is 0 Å². The zero-order valence-electron chi connectivity index (χ0n) is 17.9. The monoisotopic (exact) mass is 439 g/mol. The molecule has 0 atom stereocenters. The van der Waals surface area contributed by atoms with E-state index in [-0.39, 0.29) is 18.0 Å². The van der Waals surface area contributed by atoms with Crippen molar-refractivity contribution in [1.82, 2.24) is 14.5 Å². The summed E-state index contributed by atoms with van der Waals surface area (Å²) in [4.78, 5) is 39.6. The summed E-state index contributed by atoms with van der Waals surface area (Å²) in [6.45, 7) is 2.08. The first kappa shape index (κ1) is 20.5. The second-order valence-electron chi connectivity index (χ2n) is 7.88. The molecule has 7 heteroatoms. The molecule has 0 bridgehead atoms. The Bertz CT molecular complexity index is 1590. The maximum absolute atomic E-state index is 13.5. The van der Waals surface area contributed by atoms with E-state index in [0.717, 1.165) is 15.7 Å². The van der Waals surface area contributed by atoms with E-state index < -0.39 is 11.2 Å². The van der Waals surface area contributed by atoms with E-state index in [9.17, 15) is 14.4 Å². The van der Waals surface area contributed by atoms with E-state index in [2.05, 4.69) is 5.32 Å². The topological polar surface area (TPSA) is 86.2 Å². The van der Waals surface area contributed by atoms with Crippen molar-refractivity contribution < 1.29 is 9.21 Å². The smallest absolute Gasteiger partial charge is 0.336 e. The van der Waals surface area contributed by atoms with Gasteiger partial charge >= 0.3 is 11.2 Å². The van der Waals surface area contributed by atoms with E-state index in [1.165, 1.54) is 4.57 Å². The molecule has 3 aromatic carbocycles. The third kappa shape index (κ3) is 3.74. The van der Waals surface area contributed by atoms with Crippen LogP contribution in [-0.4, -0.2) is 15.0 Å². The molecule has 164 valence electrons. The SMILES string of the molecule is Cc1ccc(CNC(=O)Cn2c(=O)n(-c3ccccc3)c(=O)c3oc4ccccc4c32)cc1. The minimum atomic E-state index is -0.601. The van der Waals surface area contributed by atoms with Gasteiger partial charge in [0.15, 0.2) is 0 Å². The summed E-state index contributed by atoms with van der Waals surface area (Å²) in [5, 5.41) is 3.46. The lowest BCUT2D eigenvalue weighted by Gasteiger charge is -2.12. The number of aryl methyl sites for hydroxylation is 1. The van der Waals surface area contributed by atoms with Crippen LogP contribution < -0.4 is 16.6 Å². The van der Waals surface area contributed by atoms with Gasteiger partial charge in [-0.1, -0.05) is 60.2 Å².